The van der Waals surface area contributed by atoms with Crippen LogP contribution in [-0.4, -0.2) is 29.6 Å². The summed E-state index contributed by atoms with van der Waals surface area (Å²) in [5, 5.41) is 0. The maximum absolute atomic E-state index is 4.47. The van der Waals surface area contributed by atoms with E-state index in [2.05, 4.69) is 75.0 Å². The summed E-state index contributed by atoms with van der Waals surface area (Å²) in [6.45, 7) is 4.14. The van der Waals surface area contributed by atoms with Crippen LogP contribution in [0.1, 0.15) is 22.3 Å². The maximum atomic E-state index is 4.47. The molecule has 0 amide bonds. The van der Waals surface area contributed by atoms with E-state index >= 15 is 0 Å². The largest absolute Gasteiger partial charge is 0.150 e. The molecule has 3 heteroatoms. The van der Waals surface area contributed by atoms with Crippen molar-refractivity contribution in [2.24, 2.45) is 0 Å². The van der Waals surface area contributed by atoms with E-state index in [1.807, 2.05) is 6.07 Å². The fraction of sp³-hybridized carbons (Fsp3) is 0.125. The van der Waals surface area contributed by atoms with Crippen LogP contribution in [0, 0.1) is 19.9 Å². The van der Waals surface area contributed by atoms with Crippen molar-refractivity contribution >= 4 is 54.3 Å². The normalized spacial score (nSPS) is 9.84. The van der Waals surface area contributed by atoms with Crippen LogP contribution < -0.4 is 0 Å². The predicted octanol–water partition coefficient (Wildman–Crippen LogP) is 4.18. The third-order valence-corrected chi connectivity index (χ3v) is 3.01. The number of hydrogen-bond donors (Lipinski definition) is 1. The van der Waals surface area contributed by atoms with Crippen LogP contribution in [0.3, 0.4) is 0 Å². The Bertz CT molecular complexity index is 547. The van der Waals surface area contributed by atoms with Crippen molar-refractivity contribution in [3.8, 4) is 0 Å². The minimum atomic E-state index is 0. The van der Waals surface area contributed by atoms with Crippen LogP contribution in [0.2, 0.25) is 0 Å². The molecule has 2 aromatic rings. The summed E-state index contributed by atoms with van der Waals surface area (Å²) in [6.07, 6.45) is 4.13. The van der Waals surface area contributed by atoms with E-state index in [1.54, 1.807) is 0 Å². The monoisotopic (exact) mass is 446 g/mol. The molecule has 0 heterocycles. The third kappa shape index (κ3) is 6.02. The second-order valence-electron chi connectivity index (χ2n) is 4.22. The first-order valence-corrected chi connectivity index (χ1v) is 6.06. The van der Waals surface area contributed by atoms with Gasteiger partial charge in [-0.3, -0.25) is 0 Å². The summed E-state index contributed by atoms with van der Waals surface area (Å²) in [6, 6.07) is 15.6. The van der Waals surface area contributed by atoms with Crippen molar-refractivity contribution in [1.82, 2.24) is 0 Å². The summed E-state index contributed by atoms with van der Waals surface area (Å²) in [4.78, 5) is 1.01. The van der Waals surface area contributed by atoms with Crippen molar-refractivity contribution in [2.45, 2.75) is 18.7 Å². The van der Waals surface area contributed by atoms with Crippen LogP contribution in [0.5, 0.6) is 0 Å². The Balaban J connectivity index is 0.00000162. The van der Waals surface area contributed by atoms with Gasteiger partial charge in [0.15, 0.2) is 0 Å². The summed E-state index contributed by atoms with van der Waals surface area (Å²) < 4.78 is 0. The molecule has 0 aliphatic rings. The first-order valence-electron chi connectivity index (χ1n) is 5.61. The molecule has 2 rings (SSSR count). The van der Waals surface area contributed by atoms with Gasteiger partial charge in [0.1, 0.15) is 0 Å². The molecule has 0 N–H and O–H groups in total. The molecular formula is C16H15NaSW-. The van der Waals surface area contributed by atoms with E-state index in [4.69, 9.17) is 0 Å². The molecule has 0 aliphatic heterocycles. The zero-order valence-electron chi connectivity index (χ0n) is 11.5. The quantitative estimate of drug-likeness (QED) is 0.305. The smallest absolute Gasteiger partial charge is 0.0107 e. The van der Waals surface area contributed by atoms with Gasteiger partial charge in [-0.15, -0.1) is 48.5 Å². The predicted molar refractivity (Wildman–Crippen MR) is 83.1 cm³/mol. The number of thiol groups is 1. The Labute approximate surface area is 157 Å². The van der Waals surface area contributed by atoms with Gasteiger partial charge in [-0.1, -0.05) is 25.1 Å². The fourth-order valence-electron chi connectivity index (χ4n) is 1.59. The molecule has 0 bridgehead atoms. The number of hydrogen-bond acceptors (Lipinski definition) is 1. The van der Waals surface area contributed by atoms with Gasteiger partial charge in [-0.05, 0) is 24.1 Å². The minimum absolute atomic E-state index is 0. The molecule has 0 fully saturated rings. The van der Waals surface area contributed by atoms with Crippen molar-refractivity contribution in [2.75, 3.05) is 0 Å². The van der Waals surface area contributed by atoms with Gasteiger partial charge < -0.3 is 0 Å². The van der Waals surface area contributed by atoms with E-state index in [-0.39, 0.29) is 50.6 Å². The average Bonchev–Trinajstić information content (AvgIpc) is 2.30. The second kappa shape index (κ2) is 9.21. The van der Waals surface area contributed by atoms with Crippen LogP contribution in [0.4, 0.5) is 0 Å². The van der Waals surface area contributed by atoms with Crippen molar-refractivity contribution < 1.29 is 21.1 Å². The van der Waals surface area contributed by atoms with Crippen molar-refractivity contribution in [3.05, 3.63) is 64.7 Å². The van der Waals surface area contributed by atoms with E-state index < -0.39 is 0 Å². The Hall–Kier alpha value is 0.218. The molecule has 0 saturated carbocycles. The molecule has 0 spiro atoms. The molecule has 1 radical (unpaired) electrons. The molecule has 2 aromatic carbocycles. The Morgan fingerprint density at radius 1 is 1.00 bits per heavy atom. The Morgan fingerprint density at radius 2 is 1.68 bits per heavy atom. The summed E-state index contributed by atoms with van der Waals surface area (Å²) in [5.41, 5.74) is 4.68. The van der Waals surface area contributed by atoms with E-state index in [0.29, 0.717) is 0 Å². The van der Waals surface area contributed by atoms with Gasteiger partial charge >= 0.3 is 0 Å². The average molecular weight is 446 g/mol. The molecule has 0 unspecified atom stereocenters. The van der Waals surface area contributed by atoms with Gasteiger partial charge in [-0.25, -0.2) is 0 Å². The summed E-state index contributed by atoms with van der Waals surface area (Å²) >= 11 is 4.47. The third-order valence-electron chi connectivity index (χ3n) is 2.62. The molecule has 0 aromatic heterocycles. The molecule has 0 nitrogen and oxygen atoms in total. The Kier molecular flexibility index (Phi) is 9.31. The van der Waals surface area contributed by atoms with Crippen LogP contribution in [0.15, 0.2) is 41.3 Å². The topological polar surface area (TPSA) is 0 Å². The SMILES string of the molecule is Cc1c[c-]c(/C=C/c2ccc(C)cc2S)cc1.[Na].[W]. The van der Waals surface area contributed by atoms with Crippen LogP contribution in [-0.2, 0) is 21.1 Å². The van der Waals surface area contributed by atoms with Gasteiger partial charge in [0.2, 0.25) is 0 Å². The van der Waals surface area contributed by atoms with Gasteiger partial charge in [0, 0.05) is 55.5 Å². The van der Waals surface area contributed by atoms with E-state index in [1.165, 1.54) is 11.1 Å². The standard InChI is InChI=1S/C16H15S.Na.W/c1-12-3-6-14(7-4-12)8-10-15-9-5-13(2)11-16(15)17;;/h3-6,8-11,17H,1-2H3;;/q-1;;/b10-8+;;. The van der Waals surface area contributed by atoms with Gasteiger partial charge in [0.25, 0.3) is 0 Å². The van der Waals surface area contributed by atoms with Crippen LogP contribution in [0.25, 0.3) is 12.2 Å². The molecule has 0 saturated heterocycles. The fourth-order valence-corrected chi connectivity index (χ4v) is 1.95. The zero-order valence-corrected chi connectivity index (χ0v) is 17.3. The molecule has 19 heavy (non-hydrogen) atoms. The summed E-state index contributed by atoms with van der Waals surface area (Å²) in [5.74, 6) is 0. The van der Waals surface area contributed by atoms with E-state index in [0.717, 1.165) is 16.0 Å². The first kappa shape index (κ1) is 19.2. The molecule has 0 aliphatic carbocycles. The van der Waals surface area contributed by atoms with Crippen molar-refractivity contribution in [3.63, 3.8) is 0 Å². The van der Waals surface area contributed by atoms with Gasteiger partial charge in [0.05, 0.1) is 0 Å². The molecule has 93 valence electrons. The zero-order chi connectivity index (χ0) is 12.3. The molecule has 0 atom stereocenters. The van der Waals surface area contributed by atoms with Gasteiger partial charge in [-0.2, -0.15) is 5.56 Å². The minimum Gasteiger partial charge on any atom is -0.150 e. The maximum Gasteiger partial charge on any atom is 0.0107 e. The van der Waals surface area contributed by atoms with E-state index in [9.17, 15) is 0 Å². The molecular weight excluding hydrogens is 431 g/mol. The number of aryl methyl sites for hydroxylation is 2. The Morgan fingerprint density at radius 3 is 2.26 bits per heavy atom. The van der Waals surface area contributed by atoms with Crippen molar-refractivity contribution in [1.29, 1.82) is 0 Å². The first-order chi connectivity index (χ1) is 8.15. The summed E-state index contributed by atoms with van der Waals surface area (Å²) in [7, 11) is 0. The number of rotatable bonds is 2. The second-order valence-corrected chi connectivity index (χ2v) is 4.70. The number of benzene rings is 2. The van der Waals surface area contributed by atoms with Crippen LogP contribution >= 0.6 is 12.6 Å².